The number of hydrogen-bond donors (Lipinski definition) is 1. The van der Waals surface area contributed by atoms with Gasteiger partial charge in [0, 0.05) is 24.2 Å². The molecule has 3 aromatic rings. The fourth-order valence-corrected chi connectivity index (χ4v) is 4.43. The lowest BCUT2D eigenvalue weighted by molar-refractivity contribution is 0.0643. The Balaban J connectivity index is 1.25. The van der Waals surface area contributed by atoms with Crippen LogP contribution in [0.2, 0.25) is 0 Å². The summed E-state index contributed by atoms with van der Waals surface area (Å²) in [5, 5.41) is 6.78. The topological polar surface area (TPSA) is 93.9 Å². The maximum atomic E-state index is 13.3. The normalized spacial score (nSPS) is 14.9. The van der Waals surface area contributed by atoms with Crippen molar-refractivity contribution in [2.24, 2.45) is 0 Å². The Kier molecular flexibility index (Phi) is 6.20. The number of ether oxygens (including phenoxy) is 2. The van der Waals surface area contributed by atoms with E-state index in [2.05, 4.69) is 10.5 Å². The highest BCUT2D eigenvalue weighted by Crippen LogP contribution is 2.32. The fourth-order valence-electron chi connectivity index (χ4n) is 4.43. The van der Waals surface area contributed by atoms with Gasteiger partial charge in [-0.15, -0.1) is 0 Å². The Bertz CT molecular complexity index is 1180. The molecule has 1 fully saturated rings. The summed E-state index contributed by atoms with van der Waals surface area (Å²) in [4.78, 5) is 27.8. The number of rotatable bonds is 7. The molecular formula is C26H27N3O5. The molecule has 2 heterocycles. The Morgan fingerprint density at radius 3 is 2.59 bits per heavy atom. The van der Waals surface area contributed by atoms with Crippen molar-refractivity contribution in [2.45, 2.75) is 51.7 Å². The second-order valence-corrected chi connectivity index (χ2v) is 8.79. The second kappa shape index (κ2) is 9.59. The van der Waals surface area contributed by atoms with E-state index in [0.29, 0.717) is 29.4 Å². The molecule has 8 heteroatoms. The average Bonchev–Trinajstić information content (AvgIpc) is 3.62. The van der Waals surface area contributed by atoms with Crippen LogP contribution < -0.4 is 14.8 Å². The van der Waals surface area contributed by atoms with Crippen LogP contribution in [-0.4, -0.2) is 34.7 Å². The Morgan fingerprint density at radius 2 is 1.79 bits per heavy atom. The number of aromatic nitrogens is 1. The Morgan fingerprint density at radius 1 is 1.03 bits per heavy atom. The molecule has 0 atom stereocenters. The van der Waals surface area contributed by atoms with Crippen LogP contribution in [0.1, 0.15) is 63.4 Å². The summed E-state index contributed by atoms with van der Waals surface area (Å²) < 4.78 is 16.1. The third kappa shape index (κ3) is 4.76. The third-order valence-corrected chi connectivity index (χ3v) is 6.33. The smallest absolute Gasteiger partial charge is 0.273 e. The summed E-state index contributed by atoms with van der Waals surface area (Å²) in [6, 6.07) is 14.9. The van der Waals surface area contributed by atoms with Crippen molar-refractivity contribution >= 4 is 11.8 Å². The monoisotopic (exact) mass is 461 g/mol. The zero-order chi connectivity index (χ0) is 23.5. The van der Waals surface area contributed by atoms with Crippen molar-refractivity contribution in [3.05, 3.63) is 76.7 Å². The van der Waals surface area contributed by atoms with Crippen molar-refractivity contribution in [3.8, 4) is 11.5 Å². The van der Waals surface area contributed by atoms with Gasteiger partial charge in [0.2, 0.25) is 6.79 Å². The van der Waals surface area contributed by atoms with E-state index in [4.69, 9.17) is 14.0 Å². The molecule has 1 aliphatic heterocycles. The first kappa shape index (κ1) is 22.0. The first-order chi connectivity index (χ1) is 16.6. The molecule has 0 unspecified atom stereocenters. The van der Waals surface area contributed by atoms with Crippen molar-refractivity contribution in [3.63, 3.8) is 0 Å². The van der Waals surface area contributed by atoms with E-state index in [9.17, 15) is 9.59 Å². The second-order valence-electron chi connectivity index (χ2n) is 8.79. The molecule has 176 valence electrons. The fraction of sp³-hybridized carbons (Fsp3) is 0.346. The maximum absolute atomic E-state index is 13.3. The van der Waals surface area contributed by atoms with E-state index < -0.39 is 0 Å². The lowest BCUT2D eigenvalue weighted by atomic mass is 10.1. The standard InChI is InChI=1S/C26H27N3O5/c1-17-6-9-19(10-7-17)26(31)29(20-4-2-3-5-20)15-21-13-22(28-34-21)25(30)27-14-18-8-11-23-24(12-18)33-16-32-23/h6-13,20H,2-5,14-16H2,1H3,(H,27,30). The van der Waals surface area contributed by atoms with E-state index in [-0.39, 0.29) is 36.9 Å². The highest BCUT2D eigenvalue weighted by Gasteiger charge is 2.29. The number of carbonyl (C=O) groups is 2. The van der Waals surface area contributed by atoms with Gasteiger partial charge in [-0.1, -0.05) is 41.8 Å². The molecule has 2 aromatic carbocycles. The molecule has 34 heavy (non-hydrogen) atoms. The van der Waals surface area contributed by atoms with Gasteiger partial charge in [0.25, 0.3) is 11.8 Å². The van der Waals surface area contributed by atoms with E-state index >= 15 is 0 Å². The van der Waals surface area contributed by atoms with E-state index in [0.717, 1.165) is 36.8 Å². The molecule has 0 radical (unpaired) electrons. The van der Waals surface area contributed by atoms with E-state index in [1.807, 2.05) is 54.3 Å². The van der Waals surface area contributed by atoms with Crippen LogP contribution in [0, 0.1) is 6.92 Å². The largest absolute Gasteiger partial charge is 0.454 e. The lowest BCUT2D eigenvalue weighted by Crippen LogP contribution is -2.38. The van der Waals surface area contributed by atoms with Gasteiger partial charge in [0.05, 0.1) is 6.54 Å². The number of aryl methyl sites for hydroxylation is 1. The van der Waals surface area contributed by atoms with Crippen LogP contribution in [0.4, 0.5) is 0 Å². The molecular weight excluding hydrogens is 434 g/mol. The molecule has 0 bridgehead atoms. The summed E-state index contributed by atoms with van der Waals surface area (Å²) >= 11 is 0. The predicted molar refractivity (Wildman–Crippen MR) is 124 cm³/mol. The number of amides is 2. The molecule has 5 rings (SSSR count). The molecule has 8 nitrogen and oxygen atoms in total. The minimum Gasteiger partial charge on any atom is -0.454 e. The van der Waals surface area contributed by atoms with Crippen LogP contribution in [0.5, 0.6) is 11.5 Å². The first-order valence-corrected chi connectivity index (χ1v) is 11.6. The summed E-state index contributed by atoms with van der Waals surface area (Å²) in [5.74, 6) is 1.48. The molecule has 2 aliphatic rings. The van der Waals surface area contributed by atoms with Crippen LogP contribution >= 0.6 is 0 Å². The number of fused-ring (bicyclic) bond motifs is 1. The number of hydrogen-bond acceptors (Lipinski definition) is 6. The summed E-state index contributed by atoms with van der Waals surface area (Å²) in [6.07, 6.45) is 4.14. The van der Waals surface area contributed by atoms with E-state index in [1.165, 1.54) is 0 Å². The van der Waals surface area contributed by atoms with Crippen molar-refractivity contribution in [1.82, 2.24) is 15.4 Å². The predicted octanol–water partition coefficient (Wildman–Crippen LogP) is 4.23. The summed E-state index contributed by atoms with van der Waals surface area (Å²) in [6.45, 7) is 2.80. The number of nitrogens with zero attached hydrogens (tertiary/aromatic N) is 2. The quantitative estimate of drug-likeness (QED) is 0.566. The van der Waals surface area contributed by atoms with Gasteiger partial charge in [0.15, 0.2) is 23.0 Å². The SMILES string of the molecule is Cc1ccc(C(=O)N(Cc2cc(C(=O)NCc3ccc4c(c3)OCO4)no2)C2CCCC2)cc1. The zero-order valence-electron chi connectivity index (χ0n) is 19.1. The first-order valence-electron chi connectivity index (χ1n) is 11.6. The van der Waals surface area contributed by atoms with Crippen LogP contribution in [-0.2, 0) is 13.1 Å². The van der Waals surface area contributed by atoms with Crippen molar-refractivity contribution in [2.75, 3.05) is 6.79 Å². The van der Waals surface area contributed by atoms with Gasteiger partial charge < -0.3 is 24.2 Å². The Hall–Kier alpha value is -3.81. The van der Waals surface area contributed by atoms with Gasteiger partial charge >= 0.3 is 0 Å². The summed E-state index contributed by atoms with van der Waals surface area (Å²) in [7, 11) is 0. The van der Waals surface area contributed by atoms with Crippen LogP contribution in [0.3, 0.4) is 0 Å². The van der Waals surface area contributed by atoms with Gasteiger partial charge in [-0.2, -0.15) is 0 Å². The number of benzene rings is 2. The Labute approximate surface area is 197 Å². The van der Waals surface area contributed by atoms with E-state index in [1.54, 1.807) is 6.07 Å². The van der Waals surface area contributed by atoms with Gasteiger partial charge in [-0.3, -0.25) is 9.59 Å². The van der Waals surface area contributed by atoms with Crippen LogP contribution in [0.15, 0.2) is 53.1 Å². The number of nitrogens with one attached hydrogen (secondary N) is 1. The molecule has 1 saturated carbocycles. The van der Waals surface area contributed by atoms with Crippen LogP contribution in [0.25, 0.3) is 0 Å². The van der Waals surface area contributed by atoms with Gasteiger partial charge in [0.1, 0.15) is 0 Å². The number of carbonyl (C=O) groups excluding carboxylic acids is 2. The molecule has 0 spiro atoms. The van der Waals surface area contributed by atoms with Gasteiger partial charge in [-0.25, -0.2) is 0 Å². The maximum Gasteiger partial charge on any atom is 0.273 e. The minimum absolute atomic E-state index is 0.0305. The summed E-state index contributed by atoms with van der Waals surface area (Å²) in [5.41, 5.74) is 2.83. The highest BCUT2D eigenvalue weighted by molar-refractivity contribution is 5.94. The highest BCUT2D eigenvalue weighted by atomic mass is 16.7. The zero-order valence-corrected chi connectivity index (χ0v) is 19.1. The lowest BCUT2D eigenvalue weighted by Gasteiger charge is -2.28. The minimum atomic E-state index is -0.343. The van der Waals surface area contributed by atoms with Crippen molar-refractivity contribution < 1.29 is 23.6 Å². The molecule has 1 aliphatic carbocycles. The average molecular weight is 462 g/mol. The molecule has 1 N–H and O–H groups in total. The van der Waals surface area contributed by atoms with Crippen molar-refractivity contribution in [1.29, 1.82) is 0 Å². The molecule has 0 saturated heterocycles. The third-order valence-electron chi connectivity index (χ3n) is 6.33. The molecule has 2 amide bonds. The van der Waals surface area contributed by atoms with Gasteiger partial charge in [-0.05, 0) is 49.6 Å². The molecule has 1 aromatic heterocycles.